The molecule has 5 heteroatoms. The summed E-state index contributed by atoms with van der Waals surface area (Å²) in [6.07, 6.45) is 0. The molecule has 0 spiro atoms. The van der Waals surface area contributed by atoms with Crippen LogP contribution in [0, 0.1) is 23.0 Å². The summed E-state index contributed by atoms with van der Waals surface area (Å²) in [5.74, 6) is -0.698. The largest absolute Gasteiger partial charge is 0.496 e. The van der Waals surface area contributed by atoms with Crippen molar-refractivity contribution in [3.05, 3.63) is 59.2 Å². The Morgan fingerprint density at radius 3 is 2.65 bits per heavy atom. The van der Waals surface area contributed by atoms with Gasteiger partial charge < -0.3 is 10.1 Å². The maximum Gasteiger partial charge on any atom is 0.149 e. The Morgan fingerprint density at radius 2 is 2.00 bits per heavy atom. The molecule has 0 aliphatic rings. The number of benzene rings is 2. The summed E-state index contributed by atoms with van der Waals surface area (Å²) in [5, 5.41) is 11.7. The molecule has 0 heterocycles. The second kappa shape index (κ2) is 6.02. The minimum atomic E-state index is -0.666. The molecule has 0 atom stereocenters. The first kappa shape index (κ1) is 13.8. The first-order valence-corrected chi connectivity index (χ1v) is 5.90. The molecule has 0 aromatic heterocycles. The summed E-state index contributed by atoms with van der Waals surface area (Å²) in [7, 11) is 1.52. The predicted octanol–water partition coefficient (Wildman–Crippen LogP) is 3.46. The van der Waals surface area contributed by atoms with Crippen LogP contribution in [-0.4, -0.2) is 7.11 Å². The lowest BCUT2D eigenvalue weighted by Gasteiger charge is -2.11. The van der Waals surface area contributed by atoms with Gasteiger partial charge >= 0.3 is 0 Å². The average Bonchev–Trinajstić information content (AvgIpc) is 2.46. The fraction of sp³-hybridized carbons (Fsp3) is 0.133. The molecule has 0 saturated heterocycles. The van der Waals surface area contributed by atoms with Gasteiger partial charge in [-0.2, -0.15) is 5.26 Å². The van der Waals surface area contributed by atoms with E-state index < -0.39 is 11.6 Å². The van der Waals surface area contributed by atoms with Crippen LogP contribution in [0.25, 0.3) is 0 Å². The fourth-order valence-electron chi connectivity index (χ4n) is 1.81. The lowest BCUT2D eigenvalue weighted by molar-refractivity contribution is 0.410. The van der Waals surface area contributed by atoms with E-state index in [1.165, 1.54) is 19.2 Å². The van der Waals surface area contributed by atoms with Crippen molar-refractivity contribution in [3.63, 3.8) is 0 Å². The van der Waals surface area contributed by atoms with Gasteiger partial charge in [0.05, 0.1) is 24.4 Å². The number of methoxy groups -OCH3 is 1. The van der Waals surface area contributed by atoms with Gasteiger partial charge in [-0.3, -0.25) is 0 Å². The molecule has 0 saturated carbocycles. The zero-order valence-electron chi connectivity index (χ0n) is 10.8. The van der Waals surface area contributed by atoms with Gasteiger partial charge in [0, 0.05) is 18.2 Å². The summed E-state index contributed by atoms with van der Waals surface area (Å²) >= 11 is 0. The van der Waals surface area contributed by atoms with Gasteiger partial charge in [0.1, 0.15) is 17.4 Å². The lowest BCUT2D eigenvalue weighted by atomic mass is 10.1. The first-order chi connectivity index (χ1) is 9.63. The highest BCUT2D eigenvalue weighted by Crippen LogP contribution is 2.22. The summed E-state index contributed by atoms with van der Waals surface area (Å²) in [5.41, 5.74) is 1.40. The van der Waals surface area contributed by atoms with Crippen molar-refractivity contribution in [2.24, 2.45) is 0 Å². The molecule has 0 radical (unpaired) electrons. The van der Waals surface area contributed by atoms with Gasteiger partial charge in [0.25, 0.3) is 0 Å². The minimum absolute atomic E-state index is 0.191. The number of halogens is 2. The molecule has 1 N–H and O–H groups in total. The topological polar surface area (TPSA) is 45.0 Å². The second-order valence-corrected chi connectivity index (χ2v) is 4.12. The number of ether oxygens (including phenoxy) is 1. The summed E-state index contributed by atoms with van der Waals surface area (Å²) in [6.45, 7) is 0.265. The van der Waals surface area contributed by atoms with E-state index in [0.717, 1.165) is 11.6 Å². The number of hydrogen-bond acceptors (Lipinski definition) is 3. The van der Waals surface area contributed by atoms with Crippen LogP contribution < -0.4 is 10.1 Å². The van der Waals surface area contributed by atoms with E-state index in [0.29, 0.717) is 11.3 Å². The molecule has 3 nitrogen and oxygen atoms in total. The monoisotopic (exact) mass is 274 g/mol. The smallest absolute Gasteiger partial charge is 0.149 e. The number of nitrogens with one attached hydrogen (secondary N) is 1. The summed E-state index contributed by atoms with van der Waals surface area (Å²) < 4.78 is 31.5. The Hall–Kier alpha value is -2.61. The van der Waals surface area contributed by atoms with E-state index >= 15 is 0 Å². The molecule has 0 bridgehead atoms. The Balaban J connectivity index is 2.20. The molecule has 0 fully saturated rings. The van der Waals surface area contributed by atoms with Crippen LogP contribution in [0.2, 0.25) is 0 Å². The van der Waals surface area contributed by atoms with E-state index in [1.54, 1.807) is 18.2 Å². The predicted molar refractivity (Wildman–Crippen MR) is 71.4 cm³/mol. The quantitative estimate of drug-likeness (QED) is 0.928. The SMILES string of the molecule is COc1ccc(C#N)cc1CNc1ccc(F)cc1F. The molecular weight excluding hydrogens is 262 g/mol. The Bertz CT molecular complexity index is 665. The lowest BCUT2D eigenvalue weighted by Crippen LogP contribution is -2.04. The first-order valence-electron chi connectivity index (χ1n) is 5.90. The molecule has 2 aromatic carbocycles. The molecule has 102 valence electrons. The van der Waals surface area contributed by atoms with E-state index in [2.05, 4.69) is 5.32 Å². The molecule has 0 unspecified atom stereocenters. The van der Waals surface area contributed by atoms with Crippen molar-refractivity contribution in [2.45, 2.75) is 6.54 Å². The van der Waals surface area contributed by atoms with Crippen LogP contribution in [0.1, 0.15) is 11.1 Å². The number of rotatable bonds is 4. The molecule has 2 aromatic rings. The van der Waals surface area contributed by atoms with Gasteiger partial charge in [0.15, 0.2) is 0 Å². The van der Waals surface area contributed by atoms with Crippen LogP contribution in [0.4, 0.5) is 14.5 Å². The maximum atomic E-state index is 13.5. The fourth-order valence-corrected chi connectivity index (χ4v) is 1.81. The van der Waals surface area contributed by atoms with E-state index in [1.807, 2.05) is 6.07 Å². The zero-order valence-corrected chi connectivity index (χ0v) is 10.8. The van der Waals surface area contributed by atoms with Gasteiger partial charge in [-0.25, -0.2) is 8.78 Å². The Labute approximate surface area is 115 Å². The third-order valence-electron chi connectivity index (χ3n) is 2.81. The molecule has 20 heavy (non-hydrogen) atoms. The average molecular weight is 274 g/mol. The Morgan fingerprint density at radius 1 is 1.20 bits per heavy atom. The van der Waals surface area contributed by atoms with Crippen molar-refractivity contribution in [1.82, 2.24) is 0 Å². The molecular formula is C15H12F2N2O. The highest BCUT2D eigenvalue weighted by molar-refractivity contribution is 5.48. The highest BCUT2D eigenvalue weighted by atomic mass is 19.1. The van der Waals surface area contributed by atoms with Crippen LogP contribution in [-0.2, 0) is 6.54 Å². The molecule has 0 aliphatic heterocycles. The zero-order chi connectivity index (χ0) is 14.5. The van der Waals surface area contributed by atoms with E-state index in [4.69, 9.17) is 10.00 Å². The van der Waals surface area contributed by atoms with Crippen LogP contribution >= 0.6 is 0 Å². The van der Waals surface area contributed by atoms with Crippen LogP contribution in [0.15, 0.2) is 36.4 Å². The summed E-state index contributed by atoms with van der Waals surface area (Å²) in [4.78, 5) is 0. The molecule has 2 rings (SSSR count). The number of hydrogen-bond donors (Lipinski definition) is 1. The standard InChI is InChI=1S/C15H12F2N2O/c1-20-15-5-2-10(8-18)6-11(15)9-19-14-4-3-12(16)7-13(14)17/h2-7,19H,9H2,1H3. The van der Waals surface area contributed by atoms with Crippen LogP contribution in [0.5, 0.6) is 5.75 Å². The van der Waals surface area contributed by atoms with Crippen molar-refractivity contribution in [3.8, 4) is 11.8 Å². The van der Waals surface area contributed by atoms with Gasteiger partial charge in [-0.05, 0) is 30.3 Å². The van der Waals surface area contributed by atoms with E-state index in [-0.39, 0.29) is 12.2 Å². The van der Waals surface area contributed by atoms with Crippen molar-refractivity contribution < 1.29 is 13.5 Å². The van der Waals surface area contributed by atoms with Crippen molar-refractivity contribution >= 4 is 5.69 Å². The normalized spacial score (nSPS) is 9.90. The van der Waals surface area contributed by atoms with Crippen LogP contribution in [0.3, 0.4) is 0 Å². The van der Waals surface area contributed by atoms with E-state index in [9.17, 15) is 8.78 Å². The van der Waals surface area contributed by atoms with Crippen molar-refractivity contribution in [2.75, 3.05) is 12.4 Å². The maximum absolute atomic E-state index is 13.5. The third kappa shape index (κ3) is 3.04. The Kier molecular flexibility index (Phi) is 4.16. The number of anilines is 1. The minimum Gasteiger partial charge on any atom is -0.496 e. The van der Waals surface area contributed by atoms with Gasteiger partial charge in [-0.15, -0.1) is 0 Å². The number of nitrogens with zero attached hydrogens (tertiary/aromatic N) is 1. The third-order valence-corrected chi connectivity index (χ3v) is 2.81. The molecule has 0 aliphatic carbocycles. The highest BCUT2D eigenvalue weighted by Gasteiger charge is 2.07. The molecule has 0 amide bonds. The number of nitriles is 1. The van der Waals surface area contributed by atoms with Gasteiger partial charge in [-0.1, -0.05) is 0 Å². The van der Waals surface area contributed by atoms with Gasteiger partial charge in [0.2, 0.25) is 0 Å². The van der Waals surface area contributed by atoms with Crippen molar-refractivity contribution in [1.29, 1.82) is 5.26 Å². The summed E-state index contributed by atoms with van der Waals surface area (Å²) in [6, 6.07) is 10.3. The second-order valence-electron chi connectivity index (χ2n) is 4.12.